The van der Waals surface area contributed by atoms with E-state index in [1.165, 1.54) is 0 Å². The lowest BCUT2D eigenvalue weighted by Crippen LogP contribution is -2.40. The van der Waals surface area contributed by atoms with Gasteiger partial charge in [0.15, 0.2) is 0 Å². The number of rotatable bonds is 5. The van der Waals surface area contributed by atoms with Crippen molar-refractivity contribution in [1.29, 1.82) is 0 Å². The van der Waals surface area contributed by atoms with Gasteiger partial charge in [-0.1, -0.05) is 0 Å². The second kappa shape index (κ2) is 8.37. The molecule has 1 aliphatic heterocycles. The minimum atomic E-state index is -2.61. The zero-order valence-electron chi connectivity index (χ0n) is 18.4. The fourth-order valence-electron chi connectivity index (χ4n) is 3.94. The van der Waals surface area contributed by atoms with Crippen LogP contribution in [0.5, 0.6) is 0 Å². The third kappa shape index (κ3) is 4.76. The molecule has 1 amide bonds. The minimum Gasteiger partial charge on any atom is -0.356 e. The fraction of sp³-hybridized carbons (Fsp3) is 0.550. The van der Waals surface area contributed by atoms with E-state index in [0.717, 1.165) is 17.1 Å². The average Bonchev–Trinajstić information content (AvgIpc) is 3.30. The Bertz CT molecular complexity index is 1230. The lowest BCUT2D eigenvalue weighted by atomic mass is 10.1. The van der Waals surface area contributed by atoms with Gasteiger partial charge in [0.1, 0.15) is 11.6 Å². The van der Waals surface area contributed by atoms with E-state index >= 15 is 0 Å². The molecular weight excluding hydrogens is 416 g/mol. The zero-order valence-corrected chi connectivity index (χ0v) is 19.2. The molecule has 0 aromatic carbocycles. The lowest BCUT2D eigenvalue weighted by molar-refractivity contribution is -0.117. The number of carbonyl (C=O) groups excluding carboxylic acids is 1. The van der Waals surface area contributed by atoms with Gasteiger partial charge in [0.05, 0.1) is 15.9 Å². The van der Waals surface area contributed by atoms with Crippen LogP contribution in [-0.4, -0.2) is 64.1 Å². The second-order valence-electron chi connectivity index (χ2n) is 8.19. The lowest BCUT2D eigenvalue weighted by Gasteiger charge is -2.33. The monoisotopic (exact) mass is 444 g/mol. The molecule has 1 aliphatic rings. The number of piperidine rings is 1. The number of fused-ring (bicyclic) bond motifs is 1. The van der Waals surface area contributed by atoms with Crippen molar-refractivity contribution < 1.29 is 9.00 Å². The van der Waals surface area contributed by atoms with E-state index in [2.05, 4.69) is 29.4 Å². The highest BCUT2D eigenvalue weighted by atomic mass is 32.2. The number of hydrogen-bond donors (Lipinski definition) is 0. The standard InChI is InChI=1S/C20H28N8O2S/c1-14-12-21-27(13-14)10-7-18(29)25-31(4,30)17-5-8-26(9-6-17)19-11-15(2)22-20-23-16(3)24-28(19)20/h11-13,17H,5-10H2,1-4H3. The van der Waals surface area contributed by atoms with Crippen molar-refractivity contribution in [2.45, 2.75) is 51.8 Å². The highest BCUT2D eigenvalue weighted by Crippen LogP contribution is 2.25. The first-order chi connectivity index (χ1) is 14.7. The molecule has 3 aromatic rings. The number of hydrogen-bond acceptors (Lipinski definition) is 7. The summed E-state index contributed by atoms with van der Waals surface area (Å²) in [5.74, 6) is 1.87. The third-order valence-corrected chi connectivity index (χ3v) is 7.79. The minimum absolute atomic E-state index is 0.115. The van der Waals surface area contributed by atoms with Crippen molar-refractivity contribution in [1.82, 2.24) is 29.4 Å². The molecular formula is C20H28N8O2S. The third-order valence-electron chi connectivity index (χ3n) is 5.51. The molecule has 31 heavy (non-hydrogen) atoms. The fourth-order valence-corrected chi connectivity index (χ4v) is 5.67. The number of nitrogens with zero attached hydrogens (tertiary/aromatic N) is 8. The van der Waals surface area contributed by atoms with E-state index in [1.54, 1.807) is 21.6 Å². The summed E-state index contributed by atoms with van der Waals surface area (Å²) in [7, 11) is -2.61. The molecule has 0 saturated carbocycles. The molecule has 0 aliphatic carbocycles. The average molecular weight is 445 g/mol. The van der Waals surface area contributed by atoms with Crippen LogP contribution in [0.3, 0.4) is 0 Å². The highest BCUT2D eigenvalue weighted by molar-refractivity contribution is 7.93. The summed E-state index contributed by atoms with van der Waals surface area (Å²) in [6.07, 6.45) is 6.82. The smallest absolute Gasteiger partial charge is 0.255 e. The number of anilines is 1. The van der Waals surface area contributed by atoms with Crippen LogP contribution in [0.4, 0.5) is 5.82 Å². The normalized spacial score (nSPS) is 17.1. The molecule has 0 radical (unpaired) electrons. The summed E-state index contributed by atoms with van der Waals surface area (Å²) >= 11 is 0. The van der Waals surface area contributed by atoms with Crippen molar-refractivity contribution in [3.8, 4) is 0 Å². The predicted octanol–water partition coefficient (Wildman–Crippen LogP) is 1.93. The first kappa shape index (κ1) is 21.4. The van der Waals surface area contributed by atoms with Crippen molar-refractivity contribution in [3.63, 3.8) is 0 Å². The van der Waals surface area contributed by atoms with Gasteiger partial charge in [0, 0.05) is 55.5 Å². The van der Waals surface area contributed by atoms with Crippen molar-refractivity contribution >= 4 is 27.2 Å². The molecule has 4 heterocycles. The van der Waals surface area contributed by atoms with Crippen LogP contribution in [0.1, 0.15) is 36.3 Å². The van der Waals surface area contributed by atoms with Gasteiger partial charge in [-0.3, -0.25) is 9.48 Å². The van der Waals surface area contributed by atoms with E-state index in [9.17, 15) is 9.00 Å². The quantitative estimate of drug-likeness (QED) is 0.591. The van der Waals surface area contributed by atoms with Gasteiger partial charge >= 0.3 is 0 Å². The largest absolute Gasteiger partial charge is 0.356 e. The van der Waals surface area contributed by atoms with Gasteiger partial charge in [-0.15, -0.1) is 5.10 Å². The van der Waals surface area contributed by atoms with Crippen LogP contribution < -0.4 is 4.90 Å². The summed E-state index contributed by atoms with van der Waals surface area (Å²) in [5, 5.41) is 8.51. The Morgan fingerprint density at radius 2 is 1.97 bits per heavy atom. The van der Waals surface area contributed by atoms with Gasteiger partial charge in [-0.2, -0.15) is 19.0 Å². The molecule has 1 unspecified atom stereocenters. The molecule has 0 bridgehead atoms. The Labute approximate surface area is 181 Å². The van der Waals surface area contributed by atoms with E-state index in [4.69, 9.17) is 0 Å². The zero-order chi connectivity index (χ0) is 22.2. The first-order valence-corrected chi connectivity index (χ1v) is 12.4. The topological polar surface area (TPSA) is 111 Å². The van der Waals surface area contributed by atoms with Gasteiger partial charge in [-0.05, 0) is 39.2 Å². The molecule has 1 saturated heterocycles. The Hall–Kier alpha value is -2.82. The number of amides is 1. The van der Waals surface area contributed by atoms with Gasteiger partial charge in [0.2, 0.25) is 0 Å². The summed E-state index contributed by atoms with van der Waals surface area (Å²) < 4.78 is 20.8. The van der Waals surface area contributed by atoms with Crippen LogP contribution in [0.15, 0.2) is 22.8 Å². The van der Waals surface area contributed by atoms with E-state index in [-0.39, 0.29) is 17.6 Å². The van der Waals surface area contributed by atoms with Gasteiger partial charge in [0.25, 0.3) is 11.7 Å². The highest BCUT2D eigenvalue weighted by Gasteiger charge is 2.28. The van der Waals surface area contributed by atoms with Crippen LogP contribution >= 0.6 is 0 Å². The number of aromatic nitrogens is 6. The Morgan fingerprint density at radius 1 is 1.23 bits per heavy atom. The van der Waals surface area contributed by atoms with Crippen LogP contribution in [0.2, 0.25) is 0 Å². The summed E-state index contributed by atoms with van der Waals surface area (Å²) in [4.78, 5) is 23.3. The second-order valence-corrected chi connectivity index (χ2v) is 10.8. The molecule has 0 N–H and O–H groups in total. The van der Waals surface area contributed by atoms with Crippen LogP contribution in [0, 0.1) is 20.8 Å². The summed E-state index contributed by atoms with van der Waals surface area (Å²) in [5.41, 5.74) is 1.92. The Balaban J connectivity index is 1.42. The van der Waals surface area contributed by atoms with Crippen molar-refractivity contribution in [2.75, 3.05) is 24.2 Å². The van der Waals surface area contributed by atoms with Crippen LogP contribution in [0.25, 0.3) is 5.78 Å². The SMILES string of the molecule is Cc1cnn(CCC(=O)N=S(C)(=O)C2CCN(c3cc(C)nc4nc(C)nn34)CC2)c1. The maximum absolute atomic E-state index is 13.2. The Kier molecular flexibility index (Phi) is 5.78. The Morgan fingerprint density at radius 3 is 2.65 bits per heavy atom. The van der Waals surface area contributed by atoms with E-state index < -0.39 is 9.73 Å². The molecule has 4 rings (SSSR count). The van der Waals surface area contributed by atoms with Crippen molar-refractivity contribution in [3.05, 3.63) is 35.5 Å². The van der Waals surface area contributed by atoms with Gasteiger partial charge < -0.3 is 4.90 Å². The maximum Gasteiger partial charge on any atom is 0.255 e. The molecule has 1 atom stereocenters. The van der Waals surface area contributed by atoms with Gasteiger partial charge in [-0.25, -0.2) is 9.19 Å². The maximum atomic E-state index is 13.2. The molecule has 10 nitrogen and oxygen atoms in total. The van der Waals surface area contributed by atoms with Crippen LogP contribution in [-0.2, 0) is 21.1 Å². The molecule has 166 valence electrons. The predicted molar refractivity (Wildman–Crippen MR) is 119 cm³/mol. The van der Waals surface area contributed by atoms with Crippen molar-refractivity contribution in [2.24, 2.45) is 4.36 Å². The number of aryl methyl sites for hydroxylation is 4. The van der Waals surface area contributed by atoms with E-state index in [1.807, 2.05) is 33.0 Å². The number of carbonyl (C=O) groups is 1. The molecule has 3 aromatic heterocycles. The molecule has 11 heteroatoms. The first-order valence-electron chi connectivity index (χ1n) is 10.4. The summed E-state index contributed by atoms with van der Waals surface area (Å²) in [6, 6.07) is 2.00. The molecule has 1 fully saturated rings. The summed E-state index contributed by atoms with van der Waals surface area (Å²) in [6.45, 7) is 7.60. The van der Waals surface area contributed by atoms with E-state index in [0.29, 0.717) is 44.1 Å². The molecule has 0 spiro atoms.